The largest absolute Gasteiger partial charge is 0.478 e. The van der Waals surface area contributed by atoms with Crippen molar-refractivity contribution >= 4 is 40.0 Å². The third kappa shape index (κ3) is 1.91. The van der Waals surface area contributed by atoms with Crippen LogP contribution in [0.4, 0.5) is 0 Å². The second-order valence-electron chi connectivity index (χ2n) is 4.04. The van der Waals surface area contributed by atoms with E-state index in [2.05, 4.69) is 4.98 Å². The van der Waals surface area contributed by atoms with E-state index in [1.165, 1.54) is 17.4 Å². The number of thiophene rings is 1. The van der Waals surface area contributed by atoms with Crippen LogP contribution in [0.1, 0.15) is 15.9 Å². The molecule has 0 spiro atoms. The van der Waals surface area contributed by atoms with E-state index >= 15 is 0 Å². The summed E-state index contributed by atoms with van der Waals surface area (Å²) >= 11 is 7.59. The van der Waals surface area contributed by atoms with Gasteiger partial charge in [0.2, 0.25) is 5.89 Å². The maximum absolute atomic E-state index is 11.1. The normalized spacial score (nSPS) is 11.1. The lowest BCUT2D eigenvalue weighted by atomic mass is 10.2. The molecule has 6 heteroatoms. The fourth-order valence-corrected chi connectivity index (χ4v) is 2.99. The Bertz CT molecular complexity index is 790. The predicted molar refractivity (Wildman–Crippen MR) is 74.0 cm³/mol. The summed E-state index contributed by atoms with van der Waals surface area (Å²) in [4.78, 5) is 16.1. The quantitative estimate of drug-likeness (QED) is 0.768. The maximum Gasteiger partial charge on any atom is 0.338 e. The van der Waals surface area contributed by atoms with E-state index in [1.54, 1.807) is 12.1 Å². The van der Waals surface area contributed by atoms with E-state index in [4.69, 9.17) is 21.1 Å². The first-order valence-electron chi connectivity index (χ1n) is 5.44. The number of rotatable bonds is 2. The first-order valence-corrected chi connectivity index (χ1v) is 6.70. The van der Waals surface area contributed by atoms with Crippen LogP contribution in [0.15, 0.2) is 28.0 Å². The van der Waals surface area contributed by atoms with Gasteiger partial charge in [-0.05, 0) is 30.0 Å². The molecule has 3 rings (SSSR count). The van der Waals surface area contributed by atoms with Crippen molar-refractivity contribution < 1.29 is 14.3 Å². The molecule has 1 aromatic carbocycles. The third-order valence-electron chi connectivity index (χ3n) is 2.74. The number of oxazole rings is 1. The first-order chi connectivity index (χ1) is 9.08. The summed E-state index contributed by atoms with van der Waals surface area (Å²) in [5, 5.41) is 11.6. The fraction of sp³-hybridized carbons (Fsp3) is 0.0769. The van der Waals surface area contributed by atoms with Gasteiger partial charge in [-0.3, -0.25) is 0 Å². The number of aromatic carboxylic acids is 1. The first kappa shape index (κ1) is 12.2. The number of carbonyl (C=O) groups is 1. The SMILES string of the molecule is Cc1csc(-c2nc3c(C(=O)O)cccc3o2)c1Cl. The van der Waals surface area contributed by atoms with Crippen molar-refractivity contribution in [1.29, 1.82) is 0 Å². The predicted octanol–water partition coefficient (Wildman–Crippen LogP) is 4.22. The van der Waals surface area contributed by atoms with Crippen molar-refractivity contribution in [2.24, 2.45) is 0 Å². The Kier molecular flexibility index (Phi) is 2.80. The van der Waals surface area contributed by atoms with Crippen molar-refractivity contribution in [1.82, 2.24) is 4.98 Å². The molecule has 3 aromatic rings. The highest BCUT2D eigenvalue weighted by atomic mass is 35.5. The molecule has 0 atom stereocenters. The Balaban J connectivity index is 2.25. The molecule has 0 unspecified atom stereocenters. The Labute approximate surface area is 117 Å². The van der Waals surface area contributed by atoms with Crippen molar-refractivity contribution in [2.75, 3.05) is 0 Å². The molecule has 19 heavy (non-hydrogen) atoms. The molecule has 0 radical (unpaired) electrons. The number of benzene rings is 1. The van der Waals surface area contributed by atoms with E-state index < -0.39 is 5.97 Å². The van der Waals surface area contributed by atoms with Gasteiger partial charge in [0, 0.05) is 0 Å². The van der Waals surface area contributed by atoms with Gasteiger partial charge in [-0.25, -0.2) is 9.78 Å². The number of aryl methyl sites for hydroxylation is 1. The number of fused-ring (bicyclic) bond motifs is 1. The van der Waals surface area contributed by atoms with Gasteiger partial charge in [-0.2, -0.15) is 0 Å². The van der Waals surface area contributed by atoms with Gasteiger partial charge < -0.3 is 9.52 Å². The summed E-state index contributed by atoms with van der Waals surface area (Å²) in [5.74, 6) is -0.675. The Morgan fingerprint density at radius 2 is 2.26 bits per heavy atom. The molecule has 0 saturated carbocycles. The molecule has 96 valence electrons. The third-order valence-corrected chi connectivity index (χ3v) is 4.43. The summed E-state index contributed by atoms with van der Waals surface area (Å²) < 4.78 is 5.59. The number of carboxylic acids is 1. The lowest BCUT2D eigenvalue weighted by Crippen LogP contribution is -1.96. The number of nitrogens with zero attached hydrogens (tertiary/aromatic N) is 1. The van der Waals surface area contributed by atoms with Crippen molar-refractivity contribution in [3.63, 3.8) is 0 Å². The zero-order chi connectivity index (χ0) is 13.6. The zero-order valence-electron chi connectivity index (χ0n) is 9.81. The highest BCUT2D eigenvalue weighted by Gasteiger charge is 2.18. The number of aromatic nitrogens is 1. The lowest BCUT2D eigenvalue weighted by Gasteiger charge is -1.92. The summed E-state index contributed by atoms with van der Waals surface area (Å²) in [5.41, 5.74) is 1.85. The minimum absolute atomic E-state index is 0.122. The minimum atomic E-state index is -1.03. The molecular formula is C13H8ClNO3S. The number of hydrogen-bond acceptors (Lipinski definition) is 4. The van der Waals surface area contributed by atoms with E-state index in [9.17, 15) is 4.79 Å². The van der Waals surface area contributed by atoms with Gasteiger partial charge in [0.1, 0.15) is 10.4 Å². The fourth-order valence-electron chi connectivity index (χ4n) is 1.79. The van der Waals surface area contributed by atoms with Crippen LogP contribution in [-0.4, -0.2) is 16.1 Å². The topological polar surface area (TPSA) is 63.3 Å². The number of para-hydroxylation sites is 1. The van der Waals surface area contributed by atoms with Crippen molar-refractivity contribution in [2.45, 2.75) is 6.92 Å². The molecule has 4 nitrogen and oxygen atoms in total. The van der Waals surface area contributed by atoms with Gasteiger partial charge in [0.15, 0.2) is 5.58 Å². The minimum Gasteiger partial charge on any atom is -0.478 e. The van der Waals surface area contributed by atoms with Crippen molar-refractivity contribution in [3.05, 3.63) is 39.7 Å². The van der Waals surface area contributed by atoms with Crippen LogP contribution in [0, 0.1) is 6.92 Å². The highest BCUT2D eigenvalue weighted by molar-refractivity contribution is 7.14. The monoisotopic (exact) mass is 293 g/mol. The zero-order valence-corrected chi connectivity index (χ0v) is 11.4. The lowest BCUT2D eigenvalue weighted by molar-refractivity contribution is 0.0699. The van der Waals surface area contributed by atoms with Gasteiger partial charge >= 0.3 is 5.97 Å². The highest BCUT2D eigenvalue weighted by Crippen LogP contribution is 2.37. The van der Waals surface area contributed by atoms with Crippen LogP contribution in [0.25, 0.3) is 21.9 Å². The summed E-state index contributed by atoms with van der Waals surface area (Å²) in [6.45, 7) is 1.90. The van der Waals surface area contributed by atoms with Crippen LogP contribution >= 0.6 is 22.9 Å². The molecule has 0 aliphatic rings. The van der Waals surface area contributed by atoms with Crippen molar-refractivity contribution in [3.8, 4) is 10.8 Å². The summed E-state index contributed by atoms with van der Waals surface area (Å²) in [6, 6.07) is 4.81. The van der Waals surface area contributed by atoms with Gasteiger partial charge in [0.05, 0.1) is 10.6 Å². The summed E-state index contributed by atoms with van der Waals surface area (Å²) in [7, 11) is 0. The smallest absolute Gasteiger partial charge is 0.338 e. The molecule has 0 aliphatic heterocycles. The molecule has 0 bridgehead atoms. The van der Waals surface area contributed by atoms with E-state index in [0.29, 0.717) is 26.9 Å². The van der Waals surface area contributed by atoms with E-state index in [-0.39, 0.29) is 5.56 Å². The average Bonchev–Trinajstić information content (AvgIpc) is 2.93. The number of carboxylic acid groups (broad SMARTS) is 1. The molecule has 0 fully saturated rings. The van der Waals surface area contributed by atoms with E-state index in [0.717, 1.165) is 5.56 Å². The maximum atomic E-state index is 11.1. The van der Waals surface area contributed by atoms with Crippen LogP contribution in [-0.2, 0) is 0 Å². The molecule has 0 saturated heterocycles. The number of hydrogen-bond donors (Lipinski definition) is 1. The standard InChI is InChI=1S/C13H8ClNO3S/c1-6-5-19-11(9(6)14)12-15-10-7(13(16)17)3-2-4-8(10)18-12/h2-5H,1H3,(H,16,17). The molecule has 0 aliphatic carbocycles. The van der Waals surface area contributed by atoms with Gasteiger partial charge in [0.25, 0.3) is 0 Å². The van der Waals surface area contributed by atoms with Crippen LogP contribution in [0.2, 0.25) is 5.02 Å². The van der Waals surface area contributed by atoms with Crippen LogP contribution < -0.4 is 0 Å². The summed E-state index contributed by atoms with van der Waals surface area (Å²) in [6.07, 6.45) is 0. The molecule has 0 amide bonds. The molecule has 1 N–H and O–H groups in total. The van der Waals surface area contributed by atoms with Gasteiger partial charge in [-0.1, -0.05) is 17.7 Å². The average molecular weight is 294 g/mol. The van der Waals surface area contributed by atoms with Crippen LogP contribution in [0.3, 0.4) is 0 Å². The number of halogens is 1. The second-order valence-corrected chi connectivity index (χ2v) is 5.30. The Hall–Kier alpha value is -1.85. The van der Waals surface area contributed by atoms with E-state index in [1.807, 2.05) is 12.3 Å². The Morgan fingerprint density at radius 3 is 2.89 bits per heavy atom. The van der Waals surface area contributed by atoms with Gasteiger partial charge in [-0.15, -0.1) is 11.3 Å². The molecule has 2 heterocycles. The van der Waals surface area contributed by atoms with Crippen LogP contribution in [0.5, 0.6) is 0 Å². The molecule has 2 aromatic heterocycles. The second kappa shape index (κ2) is 4.36. The Morgan fingerprint density at radius 1 is 1.47 bits per heavy atom. The molecular weight excluding hydrogens is 286 g/mol.